The van der Waals surface area contributed by atoms with E-state index in [2.05, 4.69) is 17.1 Å². The predicted molar refractivity (Wildman–Crippen MR) is 78.0 cm³/mol. The summed E-state index contributed by atoms with van der Waals surface area (Å²) in [7, 11) is 0. The van der Waals surface area contributed by atoms with E-state index in [1.54, 1.807) is 12.1 Å². The number of likely N-dealkylation sites (tertiary alicyclic amines) is 1. The Kier molecular flexibility index (Phi) is 5.61. The van der Waals surface area contributed by atoms with Crippen LogP contribution in [0.5, 0.6) is 0 Å². The van der Waals surface area contributed by atoms with Crippen LogP contribution >= 0.6 is 11.6 Å². The van der Waals surface area contributed by atoms with Crippen molar-refractivity contribution in [3.8, 4) is 0 Å². The normalized spacial score (nSPS) is 20.7. The number of benzene rings is 1. The molecule has 1 aromatic carbocycles. The molecule has 0 bridgehead atoms. The van der Waals surface area contributed by atoms with E-state index in [-0.39, 0.29) is 5.82 Å². The molecule has 1 N–H and O–H groups in total. The van der Waals surface area contributed by atoms with Crippen molar-refractivity contribution >= 4 is 11.6 Å². The van der Waals surface area contributed by atoms with Crippen molar-refractivity contribution in [2.75, 3.05) is 19.6 Å². The molecular weight excluding hydrogens is 263 g/mol. The van der Waals surface area contributed by atoms with Crippen LogP contribution in [0.15, 0.2) is 18.2 Å². The quantitative estimate of drug-likeness (QED) is 0.891. The van der Waals surface area contributed by atoms with Crippen LogP contribution in [-0.2, 0) is 6.54 Å². The van der Waals surface area contributed by atoms with E-state index in [1.807, 2.05) is 0 Å². The van der Waals surface area contributed by atoms with Crippen LogP contribution in [0.2, 0.25) is 5.02 Å². The highest BCUT2D eigenvalue weighted by molar-refractivity contribution is 6.30. The van der Waals surface area contributed by atoms with Gasteiger partial charge in [0.1, 0.15) is 5.82 Å². The molecule has 2 nitrogen and oxygen atoms in total. The van der Waals surface area contributed by atoms with Gasteiger partial charge in [-0.2, -0.15) is 0 Å². The number of rotatable bonds is 5. The molecule has 1 fully saturated rings. The van der Waals surface area contributed by atoms with Crippen LogP contribution in [-0.4, -0.2) is 30.6 Å². The number of hydrogen-bond donors (Lipinski definition) is 1. The van der Waals surface area contributed by atoms with Gasteiger partial charge in [-0.3, -0.25) is 4.90 Å². The lowest BCUT2D eigenvalue weighted by Crippen LogP contribution is -2.45. The summed E-state index contributed by atoms with van der Waals surface area (Å²) in [6.07, 6.45) is 3.66. The third-order valence-electron chi connectivity index (χ3n) is 3.76. The molecule has 0 aromatic heterocycles. The highest BCUT2D eigenvalue weighted by Gasteiger charge is 2.22. The highest BCUT2D eigenvalue weighted by Crippen LogP contribution is 2.22. The Hall–Kier alpha value is -0.640. The van der Waals surface area contributed by atoms with Gasteiger partial charge in [0.05, 0.1) is 0 Å². The molecule has 1 unspecified atom stereocenters. The van der Waals surface area contributed by atoms with E-state index in [9.17, 15) is 4.39 Å². The molecule has 1 aromatic rings. The van der Waals surface area contributed by atoms with E-state index in [4.69, 9.17) is 11.6 Å². The van der Waals surface area contributed by atoms with E-state index in [0.717, 1.165) is 19.6 Å². The highest BCUT2D eigenvalue weighted by atomic mass is 35.5. The summed E-state index contributed by atoms with van der Waals surface area (Å²) in [5, 5.41) is 4.01. The van der Waals surface area contributed by atoms with Gasteiger partial charge in [0.25, 0.3) is 0 Å². The van der Waals surface area contributed by atoms with Crippen molar-refractivity contribution in [2.24, 2.45) is 0 Å². The van der Waals surface area contributed by atoms with Crippen LogP contribution in [0.25, 0.3) is 0 Å². The molecule has 1 heterocycles. The fraction of sp³-hybridized carbons (Fsp3) is 0.600. The second-order valence-electron chi connectivity index (χ2n) is 5.16. The summed E-state index contributed by atoms with van der Waals surface area (Å²) in [5.41, 5.74) is 0.705. The van der Waals surface area contributed by atoms with Crippen LogP contribution in [0, 0.1) is 5.82 Å². The average Bonchev–Trinajstić information content (AvgIpc) is 2.42. The van der Waals surface area contributed by atoms with Crippen LogP contribution < -0.4 is 5.32 Å². The molecule has 1 saturated heterocycles. The molecule has 0 saturated carbocycles. The average molecular weight is 285 g/mol. The van der Waals surface area contributed by atoms with Crippen LogP contribution in [0.3, 0.4) is 0 Å². The Bertz CT molecular complexity index is 411. The molecule has 106 valence electrons. The standard InChI is InChI=1S/C15H22ClFN2/c1-2-18-10-14-5-3-4-8-19(14)11-12-9-13(16)6-7-15(12)17/h6-7,9,14,18H,2-5,8,10-11H2,1H3. The lowest BCUT2D eigenvalue weighted by Gasteiger charge is -2.36. The zero-order valence-corrected chi connectivity index (χ0v) is 12.2. The summed E-state index contributed by atoms with van der Waals surface area (Å²) >= 11 is 5.96. The minimum Gasteiger partial charge on any atom is -0.315 e. The number of hydrogen-bond acceptors (Lipinski definition) is 2. The summed E-state index contributed by atoms with van der Waals surface area (Å²) in [4.78, 5) is 2.38. The Morgan fingerprint density at radius 2 is 2.26 bits per heavy atom. The van der Waals surface area contributed by atoms with Gasteiger partial charge in [-0.1, -0.05) is 24.9 Å². The Labute approximate surface area is 119 Å². The molecule has 0 radical (unpaired) electrons. The minimum atomic E-state index is -0.155. The van der Waals surface area contributed by atoms with E-state index < -0.39 is 0 Å². The molecular formula is C15H22ClFN2. The largest absolute Gasteiger partial charge is 0.315 e. The minimum absolute atomic E-state index is 0.155. The second kappa shape index (κ2) is 7.22. The number of halogens is 2. The first-order valence-corrected chi connectivity index (χ1v) is 7.47. The van der Waals surface area contributed by atoms with Crippen molar-refractivity contribution in [1.82, 2.24) is 10.2 Å². The fourth-order valence-electron chi connectivity index (χ4n) is 2.69. The lowest BCUT2D eigenvalue weighted by molar-refractivity contribution is 0.136. The lowest BCUT2D eigenvalue weighted by atomic mass is 10.0. The van der Waals surface area contributed by atoms with Crippen molar-refractivity contribution in [1.29, 1.82) is 0 Å². The van der Waals surface area contributed by atoms with E-state index in [0.29, 0.717) is 23.2 Å². The first-order chi connectivity index (χ1) is 9.20. The van der Waals surface area contributed by atoms with Crippen molar-refractivity contribution in [2.45, 2.75) is 38.8 Å². The predicted octanol–water partition coefficient (Wildman–Crippen LogP) is 3.44. The topological polar surface area (TPSA) is 15.3 Å². The smallest absolute Gasteiger partial charge is 0.127 e. The third kappa shape index (κ3) is 4.16. The van der Waals surface area contributed by atoms with Gasteiger partial charge in [-0.05, 0) is 44.1 Å². The van der Waals surface area contributed by atoms with Crippen molar-refractivity contribution in [3.05, 3.63) is 34.6 Å². The van der Waals surface area contributed by atoms with Crippen LogP contribution in [0.1, 0.15) is 31.7 Å². The zero-order valence-electron chi connectivity index (χ0n) is 11.5. The summed E-state index contributed by atoms with van der Waals surface area (Å²) in [6, 6.07) is 5.32. The Balaban J connectivity index is 2.04. The van der Waals surface area contributed by atoms with E-state index in [1.165, 1.54) is 25.3 Å². The number of nitrogens with zero attached hydrogens (tertiary/aromatic N) is 1. The molecule has 0 aliphatic carbocycles. The molecule has 0 amide bonds. The first-order valence-electron chi connectivity index (χ1n) is 7.09. The van der Waals surface area contributed by atoms with Gasteiger partial charge in [-0.25, -0.2) is 4.39 Å². The number of likely N-dealkylation sites (N-methyl/N-ethyl adjacent to an activating group) is 1. The maximum Gasteiger partial charge on any atom is 0.127 e. The Morgan fingerprint density at radius 1 is 1.42 bits per heavy atom. The SMILES string of the molecule is CCNCC1CCCCN1Cc1cc(Cl)ccc1F. The molecule has 1 aliphatic rings. The molecule has 1 atom stereocenters. The Morgan fingerprint density at radius 3 is 3.05 bits per heavy atom. The summed E-state index contributed by atoms with van der Waals surface area (Å²) in [6.45, 7) is 5.78. The van der Waals surface area contributed by atoms with E-state index >= 15 is 0 Å². The van der Waals surface area contributed by atoms with Gasteiger partial charge in [0.15, 0.2) is 0 Å². The molecule has 2 rings (SSSR count). The van der Waals surface area contributed by atoms with Crippen molar-refractivity contribution < 1.29 is 4.39 Å². The number of nitrogens with one attached hydrogen (secondary N) is 1. The van der Waals surface area contributed by atoms with Gasteiger partial charge >= 0.3 is 0 Å². The molecule has 19 heavy (non-hydrogen) atoms. The summed E-state index contributed by atoms with van der Waals surface area (Å²) in [5.74, 6) is -0.155. The fourth-order valence-corrected chi connectivity index (χ4v) is 2.89. The van der Waals surface area contributed by atoms with Crippen LogP contribution in [0.4, 0.5) is 4.39 Å². The summed E-state index contributed by atoms with van der Waals surface area (Å²) < 4.78 is 13.8. The van der Waals surface area contributed by atoms with Gasteiger partial charge in [0, 0.05) is 29.7 Å². The van der Waals surface area contributed by atoms with Gasteiger partial charge < -0.3 is 5.32 Å². The second-order valence-corrected chi connectivity index (χ2v) is 5.60. The van der Waals surface area contributed by atoms with Gasteiger partial charge in [-0.15, -0.1) is 0 Å². The third-order valence-corrected chi connectivity index (χ3v) is 4.00. The maximum absolute atomic E-state index is 13.8. The molecule has 1 aliphatic heterocycles. The molecule has 4 heteroatoms. The monoisotopic (exact) mass is 284 g/mol. The zero-order chi connectivity index (χ0) is 13.7. The molecule has 0 spiro atoms. The van der Waals surface area contributed by atoms with Gasteiger partial charge in [0.2, 0.25) is 0 Å². The maximum atomic E-state index is 13.8. The first kappa shape index (κ1) is 14.8. The van der Waals surface area contributed by atoms with Crippen molar-refractivity contribution in [3.63, 3.8) is 0 Å². The number of piperidine rings is 1.